The number of benzene rings is 2. The molecule has 0 aliphatic carbocycles. The topological polar surface area (TPSA) is 62.9 Å². The maximum absolute atomic E-state index is 13.3. The number of halogens is 2. The molecule has 0 aliphatic rings. The molecule has 31 heavy (non-hydrogen) atoms. The van der Waals surface area contributed by atoms with Crippen LogP contribution in [0.15, 0.2) is 78.0 Å². The largest absolute Gasteiger partial charge is 0.313 e. The molecule has 0 saturated carbocycles. The molecule has 0 radical (unpaired) electrons. The van der Waals surface area contributed by atoms with Crippen molar-refractivity contribution in [3.8, 4) is 0 Å². The molecule has 1 amide bonds. The van der Waals surface area contributed by atoms with Crippen molar-refractivity contribution < 1.29 is 14.0 Å². The second-order valence-corrected chi connectivity index (χ2v) is 7.27. The van der Waals surface area contributed by atoms with Crippen molar-refractivity contribution in [3.63, 3.8) is 0 Å². The lowest BCUT2D eigenvalue weighted by molar-refractivity contribution is 0.0954. The number of hydrogen-bond acceptors (Lipinski definition) is 3. The minimum absolute atomic E-state index is 0.238. The van der Waals surface area contributed by atoms with E-state index in [2.05, 4.69) is 10.5 Å². The summed E-state index contributed by atoms with van der Waals surface area (Å²) in [6.07, 6.45) is 3.28. The van der Waals surface area contributed by atoms with Crippen LogP contribution < -0.4 is 5.43 Å². The summed E-state index contributed by atoms with van der Waals surface area (Å²) in [6, 6.07) is 17.6. The molecule has 2 heterocycles. The molecule has 2 aromatic heterocycles. The first kappa shape index (κ1) is 20.5. The van der Waals surface area contributed by atoms with Gasteiger partial charge < -0.3 is 4.40 Å². The summed E-state index contributed by atoms with van der Waals surface area (Å²) in [5, 5.41) is 4.40. The number of aromatic nitrogens is 1. The monoisotopic (exact) mass is 433 g/mol. The van der Waals surface area contributed by atoms with E-state index in [1.54, 1.807) is 41.8 Å². The van der Waals surface area contributed by atoms with Crippen molar-refractivity contribution in [2.75, 3.05) is 0 Å². The fourth-order valence-electron chi connectivity index (χ4n) is 3.40. The number of hydrogen-bond donors (Lipinski definition) is 1. The highest BCUT2D eigenvalue weighted by atomic mass is 35.5. The number of hydrazone groups is 1. The van der Waals surface area contributed by atoms with Crippen LogP contribution in [0.2, 0.25) is 5.02 Å². The van der Waals surface area contributed by atoms with Gasteiger partial charge in [0.05, 0.1) is 28.0 Å². The fraction of sp³-hybridized carbons (Fsp3) is 0.0417. The molecular weight excluding hydrogens is 417 g/mol. The van der Waals surface area contributed by atoms with Gasteiger partial charge in [-0.15, -0.1) is 0 Å². The molecule has 1 N–H and O–H groups in total. The molecule has 0 aliphatic heterocycles. The molecule has 2 aromatic carbocycles. The van der Waals surface area contributed by atoms with Gasteiger partial charge >= 0.3 is 0 Å². The first-order valence-electron chi connectivity index (χ1n) is 9.45. The highest BCUT2D eigenvalue weighted by molar-refractivity contribution is 6.33. The molecule has 0 bridgehead atoms. The number of fused-ring (bicyclic) bond motifs is 1. The van der Waals surface area contributed by atoms with Gasteiger partial charge in [-0.2, -0.15) is 5.10 Å². The van der Waals surface area contributed by atoms with Crippen LogP contribution in [-0.2, 0) is 0 Å². The first-order chi connectivity index (χ1) is 15.0. The minimum atomic E-state index is -0.439. The third kappa shape index (κ3) is 3.98. The van der Waals surface area contributed by atoms with Crippen molar-refractivity contribution >= 4 is 35.0 Å². The zero-order chi connectivity index (χ0) is 22.0. The average molecular weight is 434 g/mol. The van der Waals surface area contributed by atoms with E-state index in [-0.39, 0.29) is 5.78 Å². The van der Waals surface area contributed by atoms with Gasteiger partial charge in [-0.25, -0.2) is 9.82 Å². The van der Waals surface area contributed by atoms with E-state index < -0.39 is 11.7 Å². The summed E-state index contributed by atoms with van der Waals surface area (Å²) in [4.78, 5) is 25.5. The van der Waals surface area contributed by atoms with Crippen molar-refractivity contribution in [3.05, 3.63) is 112 Å². The molecule has 0 saturated heterocycles. The van der Waals surface area contributed by atoms with Gasteiger partial charge in [0, 0.05) is 17.3 Å². The summed E-state index contributed by atoms with van der Waals surface area (Å²) in [5.74, 6) is -1.08. The highest BCUT2D eigenvalue weighted by Crippen LogP contribution is 2.24. The van der Waals surface area contributed by atoms with Gasteiger partial charge in [0.15, 0.2) is 0 Å². The third-order valence-corrected chi connectivity index (χ3v) is 5.27. The number of nitrogens with one attached hydrogen (secondary N) is 1. The minimum Gasteiger partial charge on any atom is -0.313 e. The van der Waals surface area contributed by atoms with Crippen LogP contribution in [0.4, 0.5) is 4.39 Å². The van der Waals surface area contributed by atoms with Crippen LogP contribution in [0.25, 0.3) is 5.52 Å². The molecule has 4 aromatic rings. The molecule has 7 heteroatoms. The van der Waals surface area contributed by atoms with E-state index >= 15 is 0 Å². The van der Waals surface area contributed by atoms with Crippen molar-refractivity contribution in [1.29, 1.82) is 0 Å². The molecule has 154 valence electrons. The Hall–Kier alpha value is -3.77. The Kier molecular flexibility index (Phi) is 5.64. The summed E-state index contributed by atoms with van der Waals surface area (Å²) >= 11 is 6.05. The Morgan fingerprint density at radius 2 is 1.74 bits per heavy atom. The number of ketones is 1. The van der Waals surface area contributed by atoms with E-state index in [0.717, 1.165) is 5.52 Å². The van der Waals surface area contributed by atoms with Crippen LogP contribution in [0.3, 0.4) is 0 Å². The maximum atomic E-state index is 13.3. The Balaban J connectivity index is 1.69. The van der Waals surface area contributed by atoms with Gasteiger partial charge in [0.25, 0.3) is 5.91 Å². The van der Waals surface area contributed by atoms with E-state index in [9.17, 15) is 14.0 Å². The molecule has 0 unspecified atom stereocenters. The average Bonchev–Trinajstić information content (AvgIpc) is 3.05. The summed E-state index contributed by atoms with van der Waals surface area (Å²) in [6.45, 7) is 1.81. The Morgan fingerprint density at radius 1 is 1.03 bits per heavy atom. The summed E-state index contributed by atoms with van der Waals surface area (Å²) in [7, 11) is 0. The van der Waals surface area contributed by atoms with Gasteiger partial charge in [-0.05, 0) is 61.0 Å². The van der Waals surface area contributed by atoms with Crippen molar-refractivity contribution in [2.24, 2.45) is 5.10 Å². The lowest BCUT2D eigenvalue weighted by Gasteiger charge is -2.04. The Labute approximate surface area is 182 Å². The highest BCUT2D eigenvalue weighted by Gasteiger charge is 2.21. The molecule has 0 spiro atoms. The normalized spacial score (nSPS) is 11.2. The van der Waals surface area contributed by atoms with Crippen molar-refractivity contribution in [2.45, 2.75) is 6.92 Å². The molecular formula is C24H17ClFN3O2. The Morgan fingerprint density at radius 3 is 2.48 bits per heavy atom. The molecule has 4 rings (SSSR count). The number of pyridine rings is 1. The predicted molar refractivity (Wildman–Crippen MR) is 118 cm³/mol. The van der Waals surface area contributed by atoms with E-state index in [4.69, 9.17) is 11.6 Å². The maximum Gasteiger partial charge on any atom is 0.272 e. The van der Waals surface area contributed by atoms with Gasteiger partial charge in [0.2, 0.25) is 5.78 Å². The SMILES string of the molecule is Cc1c(/C=N\NC(=O)c2ccccc2Cl)c2ccccn2c1C(=O)c1ccc(F)cc1. The zero-order valence-corrected chi connectivity index (χ0v) is 17.2. The number of nitrogens with zero attached hydrogens (tertiary/aromatic N) is 2. The number of carbonyl (C=O) groups is 2. The van der Waals surface area contributed by atoms with Crippen molar-refractivity contribution in [1.82, 2.24) is 9.83 Å². The fourth-order valence-corrected chi connectivity index (χ4v) is 3.62. The van der Waals surface area contributed by atoms with E-state index in [0.29, 0.717) is 33.0 Å². The quantitative estimate of drug-likeness (QED) is 0.272. The number of amides is 1. The Bertz CT molecular complexity index is 1330. The molecule has 5 nitrogen and oxygen atoms in total. The lowest BCUT2D eigenvalue weighted by atomic mass is 10.0. The predicted octanol–water partition coefficient (Wildman–Crippen LogP) is 5.04. The molecule has 0 atom stereocenters. The van der Waals surface area contributed by atoms with Gasteiger partial charge in [0.1, 0.15) is 5.82 Å². The van der Waals surface area contributed by atoms with Crippen LogP contribution in [0.1, 0.15) is 37.5 Å². The number of rotatable bonds is 5. The molecule has 0 fully saturated rings. The van der Waals surface area contributed by atoms with Gasteiger partial charge in [-0.1, -0.05) is 29.8 Å². The van der Waals surface area contributed by atoms with Crippen LogP contribution in [0, 0.1) is 12.7 Å². The van der Waals surface area contributed by atoms with Crippen LogP contribution in [-0.4, -0.2) is 22.3 Å². The smallest absolute Gasteiger partial charge is 0.272 e. The van der Waals surface area contributed by atoms with Gasteiger partial charge in [-0.3, -0.25) is 9.59 Å². The summed E-state index contributed by atoms with van der Waals surface area (Å²) in [5.41, 5.74) is 5.73. The van der Waals surface area contributed by atoms with E-state index in [1.807, 2.05) is 18.2 Å². The second-order valence-electron chi connectivity index (χ2n) is 6.86. The standard InChI is InChI=1S/C24H17ClFN3O2/c1-15-19(14-27-28-24(31)18-6-2-3-7-20(18)25)21-8-4-5-13-29(21)22(15)23(30)16-9-11-17(26)12-10-16/h2-14H,1H3,(H,28,31)/b27-14-. The van der Waals surface area contributed by atoms with E-state index in [1.165, 1.54) is 30.5 Å². The number of carbonyl (C=O) groups excluding carboxylic acids is 2. The van der Waals surface area contributed by atoms with Crippen LogP contribution >= 0.6 is 11.6 Å². The summed E-state index contributed by atoms with van der Waals surface area (Å²) < 4.78 is 15.0. The first-order valence-corrected chi connectivity index (χ1v) is 9.83. The zero-order valence-electron chi connectivity index (χ0n) is 16.5. The lowest BCUT2D eigenvalue weighted by Crippen LogP contribution is -2.18. The third-order valence-electron chi connectivity index (χ3n) is 4.94. The second kappa shape index (κ2) is 8.53. The van der Waals surface area contributed by atoms with Crippen LogP contribution in [0.5, 0.6) is 0 Å².